The molecule has 3 rings (SSSR count). The van der Waals surface area contributed by atoms with Gasteiger partial charge in [-0.05, 0) is 50.6 Å². The fourth-order valence-corrected chi connectivity index (χ4v) is 3.53. The Bertz CT molecular complexity index is 644. The molecule has 0 bridgehead atoms. The molecule has 2 heterocycles. The van der Waals surface area contributed by atoms with Gasteiger partial charge in [-0.25, -0.2) is 0 Å². The van der Waals surface area contributed by atoms with E-state index in [-0.39, 0.29) is 24.2 Å². The molecule has 0 unspecified atom stereocenters. The van der Waals surface area contributed by atoms with E-state index in [2.05, 4.69) is 5.32 Å². The standard InChI is InChI=1S/C16H16F6N2O/c17-15(18,19)10-7-11(16(20,21)22)9-12(8-10)24-6-3-14(13(24)25)1-4-23-5-2-14/h7-9,23H,1-6H2. The molecule has 0 aliphatic carbocycles. The number of alkyl halides is 6. The van der Waals surface area contributed by atoms with Crippen LogP contribution in [0.4, 0.5) is 32.0 Å². The Labute approximate surface area is 140 Å². The van der Waals surface area contributed by atoms with E-state index < -0.39 is 28.9 Å². The van der Waals surface area contributed by atoms with Gasteiger partial charge in [0, 0.05) is 12.2 Å². The van der Waals surface area contributed by atoms with Crippen LogP contribution in [0.5, 0.6) is 0 Å². The SMILES string of the molecule is O=C1N(c2cc(C(F)(F)F)cc(C(F)(F)F)c2)CCC12CCNCC2. The first-order chi connectivity index (χ1) is 11.5. The van der Waals surface area contributed by atoms with Gasteiger partial charge in [0.2, 0.25) is 5.91 Å². The van der Waals surface area contributed by atoms with Crippen LogP contribution in [0.15, 0.2) is 18.2 Å². The second-order valence-corrected chi connectivity index (χ2v) is 6.50. The third-order valence-electron chi connectivity index (χ3n) is 4.96. The molecule has 2 aliphatic rings. The predicted molar refractivity (Wildman–Crippen MR) is 78.0 cm³/mol. The van der Waals surface area contributed by atoms with Crippen molar-refractivity contribution in [3.8, 4) is 0 Å². The van der Waals surface area contributed by atoms with Crippen LogP contribution >= 0.6 is 0 Å². The van der Waals surface area contributed by atoms with Crippen LogP contribution in [0.2, 0.25) is 0 Å². The molecule has 1 aromatic rings. The predicted octanol–water partition coefficient (Wildman–Crippen LogP) is 3.83. The Morgan fingerprint density at radius 2 is 1.40 bits per heavy atom. The van der Waals surface area contributed by atoms with Crippen molar-refractivity contribution in [1.82, 2.24) is 5.32 Å². The minimum Gasteiger partial charge on any atom is -0.317 e. The zero-order valence-electron chi connectivity index (χ0n) is 13.1. The van der Waals surface area contributed by atoms with Crippen molar-refractivity contribution >= 4 is 11.6 Å². The van der Waals surface area contributed by atoms with E-state index in [1.54, 1.807) is 0 Å². The van der Waals surface area contributed by atoms with Crippen LogP contribution in [0.1, 0.15) is 30.4 Å². The summed E-state index contributed by atoms with van der Waals surface area (Å²) < 4.78 is 77.9. The maximum absolute atomic E-state index is 13.0. The summed E-state index contributed by atoms with van der Waals surface area (Å²) in [6.07, 6.45) is -8.34. The van der Waals surface area contributed by atoms with Crippen molar-refractivity contribution in [2.75, 3.05) is 24.5 Å². The van der Waals surface area contributed by atoms with Gasteiger partial charge in [0.25, 0.3) is 0 Å². The number of nitrogens with one attached hydrogen (secondary N) is 1. The molecule has 3 nitrogen and oxygen atoms in total. The first-order valence-corrected chi connectivity index (χ1v) is 7.85. The average Bonchev–Trinajstić information content (AvgIpc) is 2.83. The smallest absolute Gasteiger partial charge is 0.317 e. The second kappa shape index (κ2) is 5.89. The molecule has 9 heteroatoms. The fraction of sp³-hybridized carbons (Fsp3) is 0.562. The van der Waals surface area contributed by atoms with Crippen LogP contribution in [0, 0.1) is 5.41 Å². The third kappa shape index (κ3) is 3.33. The maximum atomic E-state index is 13.0. The molecular weight excluding hydrogens is 350 g/mol. The van der Waals surface area contributed by atoms with Gasteiger partial charge in [-0.15, -0.1) is 0 Å². The van der Waals surface area contributed by atoms with Crippen molar-refractivity contribution in [3.63, 3.8) is 0 Å². The topological polar surface area (TPSA) is 32.3 Å². The molecule has 25 heavy (non-hydrogen) atoms. The minimum atomic E-state index is -4.93. The Morgan fingerprint density at radius 1 is 0.880 bits per heavy atom. The summed E-state index contributed by atoms with van der Waals surface area (Å²) in [5.41, 5.74) is -3.84. The van der Waals surface area contributed by atoms with Gasteiger partial charge < -0.3 is 10.2 Å². The van der Waals surface area contributed by atoms with Crippen LogP contribution in [-0.4, -0.2) is 25.5 Å². The molecule has 1 spiro atoms. The highest BCUT2D eigenvalue weighted by Crippen LogP contribution is 2.44. The number of halogens is 6. The molecular formula is C16H16F6N2O. The summed E-state index contributed by atoms with van der Waals surface area (Å²) in [6, 6.07) is 1.31. The van der Waals surface area contributed by atoms with Crippen molar-refractivity contribution < 1.29 is 31.1 Å². The first-order valence-electron chi connectivity index (χ1n) is 7.85. The molecule has 1 amide bonds. The molecule has 0 aromatic heterocycles. The number of benzene rings is 1. The lowest BCUT2D eigenvalue weighted by Crippen LogP contribution is -2.42. The van der Waals surface area contributed by atoms with Crippen LogP contribution in [0.3, 0.4) is 0 Å². The highest BCUT2D eigenvalue weighted by atomic mass is 19.4. The summed E-state index contributed by atoms with van der Waals surface area (Å²) in [5.74, 6) is -0.388. The first kappa shape index (κ1) is 18.0. The summed E-state index contributed by atoms with van der Waals surface area (Å²) in [4.78, 5) is 13.8. The maximum Gasteiger partial charge on any atom is 0.416 e. The molecule has 2 saturated heterocycles. The van der Waals surface area contributed by atoms with Crippen molar-refractivity contribution in [2.45, 2.75) is 31.6 Å². The highest BCUT2D eigenvalue weighted by Gasteiger charge is 2.48. The van der Waals surface area contributed by atoms with Gasteiger partial charge in [0.15, 0.2) is 0 Å². The van der Waals surface area contributed by atoms with E-state index in [9.17, 15) is 31.1 Å². The fourth-order valence-electron chi connectivity index (χ4n) is 3.53. The summed E-state index contributed by atoms with van der Waals surface area (Å²) in [7, 11) is 0. The van der Waals surface area contributed by atoms with E-state index in [0.29, 0.717) is 44.5 Å². The lowest BCUT2D eigenvalue weighted by atomic mass is 9.77. The molecule has 0 saturated carbocycles. The molecule has 2 aliphatic heterocycles. The molecule has 138 valence electrons. The lowest BCUT2D eigenvalue weighted by Gasteiger charge is -2.32. The average molecular weight is 366 g/mol. The number of carbonyl (C=O) groups excluding carboxylic acids is 1. The second-order valence-electron chi connectivity index (χ2n) is 6.50. The van der Waals surface area contributed by atoms with Gasteiger partial charge in [0.1, 0.15) is 0 Å². The van der Waals surface area contributed by atoms with Gasteiger partial charge in [-0.1, -0.05) is 0 Å². The molecule has 1 aromatic carbocycles. The van der Waals surface area contributed by atoms with Gasteiger partial charge in [-0.2, -0.15) is 26.3 Å². The third-order valence-corrected chi connectivity index (χ3v) is 4.96. The Kier molecular flexibility index (Phi) is 4.25. The number of hydrogen-bond acceptors (Lipinski definition) is 2. The van der Waals surface area contributed by atoms with Gasteiger partial charge in [0.05, 0.1) is 16.5 Å². The molecule has 0 atom stereocenters. The van der Waals surface area contributed by atoms with Crippen molar-refractivity contribution in [1.29, 1.82) is 0 Å². The van der Waals surface area contributed by atoms with Crippen molar-refractivity contribution in [2.24, 2.45) is 5.41 Å². The number of anilines is 1. The van der Waals surface area contributed by atoms with E-state index in [0.717, 1.165) is 4.90 Å². The summed E-state index contributed by atoms with van der Waals surface area (Å²) in [6.45, 7) is 1.34. The largest absolute Gasteiger partial charge is 0.416 e. The Hall–Kier alpha value is -1.77. The number of hydrogen-bond donors (Lipinski definition) is 1. The number of nitrogens with zero attached hydrogens (tertiary/aromatic N) is 1. The zero-order valence-corrected chi connectivity index (χ0v) is 13.1. The van der Waals surface area contributed by atoms with Gasteiger partial charge in [-0.3, -0.25) is 4.79 Å². The summed E-state index contributed by atoms with van der Waals surface area (Å²) >= 11 is 0. The normalized spacial score (nSPS) is 21.2. The molecule has 1 N–H and O–H groups in total. The number of rotatable bonds is 1. The van der Waals surface area contributed by atoms with E-state index >= 15 is 0 Å². The number of amides is 1. The zero-order chi connectivity index (χ0) is 18.5. The van der Waals surface area contributed by atoms with Crippen LogP contribution in [0.25, 0.3) is 0 Å². The highest BCUT2D eigenvalue weighted by molar-refractivity contribution is 6.00. The van der Waals surface area contributed by atoms with Gasteiger partial charge >= 0.3 is 12.4 Å². The Morgan fingerprint density at radius 3 is 1.88 bits per heavy atom. The number of carbonyl (C=O) groups is 1. The minimum absolute atomic E-state index is 0.0738. The summed E-state index contributed by atoms with van der Waals surface area (Å²) in [5, 5.41) is 3.10. The number of piperidine rings is 1. The van der Waals surface area contributed by atoms with E-state index in [1.807, 2.05) is 0 Å². The van der Waals surface area contributed by atoms with Crippen molar-refractivity contribution in [3.05, 3.63) is 29.3 Å². The molecule has 0 radical (unpaired) electrons. The van der Waals surface area contributed by atoms with E-state index in [1.165, 1.54) is 0 Å². The lowest BCUT2D eigenvalue weighted by molar-refractivity contribution is -0.143. The molecule has 2 fully saturated rings. The quantitative estimate of drug-likeness (QED) is 0.767. The van der Waals surface area contributed by atoms with Crippen LogP contribution in [-0.2, 0) is 17.1 Å². The van der Waals surface area contributed by atoms with Crippen LogP contribution < -0.4 is 10.2 Å². The van der Waals surface area contributed by atoms with E-state index in [4.69, 9.17) is 0 Å². The monoisotopic (exact) mass is 366 g/mol. The Balaban J connectivity index is 2.01.